The molecular formula is C7H12ClNO3. The van der Waals surface area contributed by atoms with Crippen molar-refractivity contribution in [3.63, 3.8) is 0 Å². The molecule has 0 heterocycles. The van der Waals surface area contributed by atoms with E-state index in [0.717, 1.165) is 0 Å². The van der Waals surface area contributed by atoms with Crippen LogP contribution < -0.4 is 0 Å². The Labute approximate surface area is 76.4 Å². The number of rotatable bonds is 4. The van der Waals surface area contributed by atoms with E-state index in [1.54, 1.807) is 14.1 Å². The first-order valence-electron chi connectivity index (χ1n) is 3.49. The quantitative estimate of drug-likeness (QED) is 0.485. The van der Waals surface area contributed by atoms with Crippen LogP contribution in [0.25, 0.3) is 0 Å². The number of hydrogen-bond donors (Lipinski definition) is 0. The van der Waals surface area contributed by atoms with Crippen LogP contribution in [-0.4, -0.2) is 36.9 Å². The Bertz CT molecular complexity index is 170. The molecule has 12 heavy (non-hydrogen) atoms. The second kappa shape index (κ2) is 5.83. The van der Waals surface area contributed by atoms with E-state index in [2.05, 4.69) is 4.74 Å². The van der Waals surface area contributed by atoms with Gasteiger partial charge in [-0.2, -0.15) is 0 Å². The molecule has 0 fully saturated rings. The summed E-state index contributed by atoms with van der Waals surface area (Å²) < 4.78 is 4.43. The molecule has 0 aromatic heterocycles. The van der Waals surface area contributed by atoms with Crippen molar-refractivity contribution < 1.29 is 14.3 Å². The van der Waals surface area contributed by atoms with Crippen molar-refractivity contribution in [2.45, 2.75) is 12.8 Å². The summed E-state index contributed by atoms with van der Waals surface area (Å²) in [6.45, 7) is 0. The lowest BCUT2D eigenvalue weighted by Crippen LogP contribution is -2.22. The molecule has 1 amide bonds. The largest absolute Gasteiger partial charge is 0.449 e. The summed E-state index contributed by atoms with van der Waals surface area (Å²) in [4.78, 5) is 23.1. The number of halogens is 1. The van der Waals surface area contributed by atoms with Gasteiger partial charge in [0.1, 0.15) is 0 Å². The molecule has 0 bridgehead atoms. The van der Waals surface area contributed by atoms with Crippen LogP contribution in [0.2, 0.25) is 0 Å². The van der Waals surface area contributed by atoms with Crippen LogP contribution in [0.4, 0.5) is 0 Å². The summed E-state index contributed by atoms with van der Waals surface area (Å²) in [6.07, 6.45) is 0.256. The van der Waals surface area contributed by atoms with Gasteiger partial charge in [0.25, 0.3) is 0 Å². The lowest BCUT2D eigenvalue weighted by atomic mass is 10.3. The smallest absolute Gasteiger partial charge is 0.307 e. The minimum absolute atomic E-state index is 0.0870. The van der Waals surface area contributed by atoms with E-state index in [0.29, 0.717) is 0 Å². The monoisotopic (exact) mass is 193 g/mol. The van der Waals surface area contributed by atoms with E-state index in [4.69, 9.17) is 11.6 Å². The highest BCUT2D eigenvalue weighted by atomic mass is 35.5. The predicted octanol–water partition coefficient (Wildman–Crippen LogP) is 0.594. The third kappa shape index (κ3) is 4.96. The maximum Gasteiger partial charge on any atom is 0.307 e. The van der Waals surface area contributed by atoms with Crippen molar-refractivity contribution in [2.24, 2.45) is 0 Å². The first-order valence-corrected chi connectivity index (χ1v) is 4.03. The molecule has 0 rings (SSSR count). The van der Waals surface area contributed by atoms with Crippen LogP contribution in [0, 0.1) is 0 Å². The van der Waals surface area contributed by atoms with Crippen LogP contribution in [0.15, 0.2) is 0 Å². The summed E-state index contributed by atoms with van der Waals surface area (Å²) in [5, 5.41) is 0. The number of ether oxygens (including phenoxy) is 1. The van der Waals surface area contributed by atoms with E-state index in [9.17, 15) is 9.59 Å². The molecule has 5 heteroatoms. The van der Waals surface area contributed by atoms with Crippen molar-refractivity contribution in [2.75, 3.05) is 20.2 Å². The van der Waals surface area contributed by atoms with E-state index < -0.39 is 5.97 Å². The molecule has 0 radical (unpaired) electrons. The molecule has 4 nitrogen and oxygen atoms in total. The van der Waals surface area contributed by atoms with E-state index in [-0.39, 0.29) is 24.8 Å². The van der Waals surface area contributed by atoms with Gasteiger partial charge in [0, 0.05) is 20.5 Å². The molecule has 0 aliphatic carbocycles. The van der Waals surface area contributed by atoms with Gasteiger partial charge in [-0.25, -0.2) is 0 Å². The Morgan fingerprint density at radius 1 is 1.33 bits per heavy atom. The average molecular weight is 194 g/mol. The van der Waals surface area contributed by atoms with E-state index >= 15 is 0 Å². The van der Waals surface area contributed by atoms with Crippen LogP contribution >= 0.6 is 11.6 Å². The number of hydrogen-bond acceptors (Lipinski definition) is 3. The van der Waals surface area contributed by atoms with Gasteiger partial charge >= 0.3 is 5.97 Å². The summed E-state index contributed by atoms with van der Waals surface area (Å²) in [7, 11) is 3.27. The van der Waals surface area contributed by atoms with Gasteiger partial charge in [-0.3, -0.25) is 9.59 Å². The lowest BCUT2D eigenvalue weighted by Gasteiger charge is -2.08. The van der Waals surface area contributed by atoms with Crippen LogP contribution in [0.5, 0.6) is 0 Å². The number of carbonyl (C=O) groups excluding carboxylic acids is 2. The fraction of sp³-hybridized carbons (Fsp3) is 0.714. The first kappa shape index (κ1) is 11.2. The molecule has 0 N–H and O–H groups in total. The Morgan fingerprint density at radius 3 is 2.33 bits per heavy atom. The van der Waals surface area contributed by atoms with Crippen molar-refractivity contribution in [3.05, 3.63) is 0 Å². The number of amides is 1. The van der Waals surface area contributed by atoms with Crippen LogP contribution in [-0.2, 0) is 14.3 Å². The molecule has 0 unspecified atom stereocenters. The minimum atomic E-state index is -0.444. The van der Waals surface area contributed by atoms with Gasteiger partial charge in [-0.1, -0.05) is 11.6 Å². The molecule has 0 saturated carbocycles. The molecule has 0 aliphatic heterocycles. The zero-order valence-corrected chi connectivity index (χ0v) is 7.93. The molecule has 0 aliphatic rings. The Hall–Kier alpha value is -0.770. The highest BCUT2D eigenvalue weighted by Crippen LogP contribution is 1.96. The minimum Gasteiger partial charge on any atom is -0.449 e. The molecule has 0 atom stereocenters. The normalized spacial score (nSPS) is 9.25. The third-order valence-electron chi connectivity index (χ3n) is 1.26. The van der Waals surface area contributed by atoms with Crippen LogP contribution in [0.3, 0.4) is 0 Å². The lowest BCUT2D eigenvalue weighted by molar-refractivity contribution is -0.143. The molecule has 0 aromatic carbocycles. The zero-order valence-electron chi connectivity index (χ0n) is 7.17. The molecule has 0 spiro atoms. The Morgan fingerprint density at radius 2 is 1.92 bits per heavy atom. The molecule has 70 valence electrons. The molecular weight excluding hydrogens is 182 g/mol. The Balaban J connectivity index is 3.54. The standard InChI is InChI=1S/C7H12ClNO3/c1-9(2)6(10)3-4-7(11)12-5-8/h3-5H2,1-2H3. The van der Waals surface area contributed by atoms with Gasteiger partial charge in [0.2, 0.25) is 5.91 Å². The maximum atomic E-state index is 10.9. The van der Waals surface area contributed by atoms with Gasteiger partial charge in [-0.15, -0.1) is 0 Å². The number of nitrogens with zero attached hydrogens (tertiary/aromatic N) is 1. The second-order valence-corrected chi connectivity index (χ2v) is 2.63. The van der Waals surface area contributed by atoms with E-state index in [1.165, 1.54) is 4.90 Å². The van der Waals surface area contributed by atoms with E-state index in [1.807, 2.05) is 0 Å². The highest BCUT2D eigenvalue weighted by molar-refractivity contribution is 6.17. The summed E-state index contributed by atoms with van der Waals surface area (Å²) >= 11 is 5.14. The van der Waals surface area contributed by atoms with Crippen molar-refractivity contribution >= 4 is 23.5 Å². The maximum absolute atomic E-state index is 10.9. The number of carbonyl (C=O) groups is 2. The van der Waals surface area contributed by atoms with Gasteiger partial charge in [-0.05, 0) is 0 Å². The second-order valence-electron chi connectivity index (χ2n) is 2.41. The fourth-order valence-corrected chi connectivity index (χ4v) is 0.687. The van der Waals surface area contributed by atoms with Crippen molar-refractivity contribution in [3.8, 4) is 0 Å². The zero-order chi connectivity index (χ0) is 9.56. The van der Waals surface area contributed by atoms with Gasteiger partial charge < -0.3 is 9.64 Å². The fourth-order valence-electron chi connectivity index (χ4n) is 0.566. The molecule has 0 aromatic rings. The summed E-state index contributed by atoms with van der Waals surface area (Å²) in [5.74, 6) is -0.540. The van der Waals surface area contributed by atoms with Crippen LogP contribution in [0.1, 0.15) is 12.8 Å². The highest BCUT2D eigenvalue weighted by Gasteiger charge is 2.08. The summed E-state index contributed by atoms with van der Waals surface area (Å²) in [6, 6.07) is -0.158. The first-order chi connectivity index (χ1) is 5.57. The number of esters is 1. The van der Waals surface area contributed by atoms with Gasteiger partial charge in [0.05, 0.1) is 6.42 Å². The van der Waals surface area contributed by atoms with Gasteiger partial charge in [0.15, 0.2) is 6.07 Å². The van der Waals surface area contributed by atoms with Crippen molar-refractivity contribution in [1.29, 1.82) is 0 Å². The topological polar surface area (TPSA) is 46.6 Å². The SMILES string of the molecule is CN(C)C(=O)CCC(=O)OCCl. The predicted molar refractivity (Wildman–Crippen MR) is 44.7 cm³/mol. The number of alkyl halides is 1. The summed E-state index contributed by atoms with van der Waals surface area (Å²) in [5.41, 5.74) is 0. The van der Waals surface area contributed by atoms with Crippen molar-refractivity contribution in [1.82, 2.24) is 4.90 Å². The average Bonchev–Trinajstić information content (AvgIpc) is 2.00. The third-order valence-corrected chi connectivity index (χ3v) is 1.37. The Kier molecular flexibility index (Phi) is 5.45. The molecule has 0 saturated heterocycles.